The number of carbonyl (C=O) groups is 3. The van der Waals surface area contributed by atoms with Crippen LogP contribution in [0.25, 0.3) is 11.1 Å². The highest BCUT2D eigenvalue weighted by atomic mass is 19.3. The summed E-state index contributed by atoms with van der Waals surface area (Å²) < 4.78 is 36.3. The molecular formula is C23H24F2N2O6. The van der Waals surface area contributed by atoms with E-state index in [1.54, 1.807) is 0 Å². The van der Waals surface area contributed by atoms with E-state index < -0.39 is 42.9 Å². The molecule has 0 radical (unpaired) electrons. The highest BCUT2D eigenvalue weighted by molar-refractivity contribution is 5.86. The Morgan fingerprint density at radius 2 is 1.58 bits per heavy atom. The Balaban J connectivity index is 1.64. The molecule has 0 saturated heterocycles. The van der Waals surface area contributed by atoms with Crippen LogP contribution in [0.3, 0.4) is 0 Å². The van der Waals surface area contributed by atoms with E-state index in [9.17, 15) is 23.2 Å². The first-order valence-corrected chi connectivity index (χ1v) is 10.2. The van der Waals surface area contributed by atoms with Gasteiger partial charge in [-0.1, -0.05) is 48.5 Å². The fourth-order valence-electron chi connectivity index (χ4n) is 3.81. The summed E-state index contributed by atoms with van der Waals surface area (Å²) in [5.74, 6) is -2.69. The van der Waals surface area contributed by atoms with Gasteiger partial charge < -0.3 is 25.2 Å². The van der Waals surface area contributed by atoms with Gasteiger partial charge in [0.15, 0.2) is 0 Å². The van der Waals surface area contributed by atoms with Gasteiger partial charge in [-0.2, -0.15) is 0 Å². The summed E-state index contributed by atoms with van der Waals surface area (Å²) in [7, 11) is 1.27. The summed E-state index contributed by atoms with van der Waals surface area (Å²) >= 11 is 0. The standard InChI is InChI=1S/C23H24F2N2O6/c1-32-12-19(22(30)26-18(21(24)25)10-20(28)29)27-23(31)33-11-17-15-8-4-2-6-13(15)14-7-3-5-9-16(14)17/h2-9,17-19,21H,10-12H2,1H3,(H,26,30)(H,27,31)(H,28,29). The lowest BCUT2D eigenvalue weighted by Gasteiger charge is -2.22. The Morgan fingerprint density at radius 1 is 1.00 bits per heavy atom. The number of rotatable bonds is 10. The first-order valence-electron chi connectivity index (χ1n) is 10.2. The minimum absolute atomic E-state index is 0.000144. The molecule has 0 aromatic heterocycles. The van der Waals surface area contributed by atoms with Crippen molar-refractivity contribution in [2.24, 2.45) is 0 Å². The lowest BCUT2D eigenvalue weighted by molar-refractivity contribution is -0.139. The monoisotopic (exact) mass is 462 g/mol. The van der Waals surface area contributed by atoms with Crippen molar-refractivity contribution in [3.05, 3.63) is 59.7 Å². The number of hydrogen-bond acceptors (Lipinski definition) is 5. The zero-order chi connectivity index (χ0) is 24.0. The van der Waals surface area contributed by atoms with Crippen molar-refractivity contribution < 1.29 is 37.7 Å². The first-order chi connectivity index (χ1) is 15.8. The summed E-state index contributed by atoms with van der Waals surface area (Å²) in [6, 6.07) is 12.3. The Labute approximate surface area is 188 Å². The lowest BCUT2D eigenvalue weighted by Crippen LogP contribution is -2.53. The molecule has 3 rings (SSSR count). The number of nitrogens with one attached hydrogen (secondary N) is 2. The first kappa shape index (κ1) is 24.1. The van der Waals surface area contributed by atoms with Crippen LogP contribution in [0.2, 0.25) is 0 Å². The number of ether oxygens (including phenoxy) is 2. The van der Waals surface area contributed by atoms with Crippen molar-refractivity contribution >= 4 is 18.0 Å². The fraction of sp³-hybridized carbons (Fsp3) is 0.348. The minimum atomic E-state index is -3.09. The second-order valence-electron chi connectivity index (χ2n) is 7.53. The van der Waals surface area contributed by atoms with Crippen LogP contribution in [-0.2, 0) is 19.1 Å². The van der Waals surface area contributed by atoms with E-state index >= 15 is 0 Å². The number of carbonyl (C=O) groups excluding carboxylic acids is 2. The van der Waals surface area contributed by atoms with E-state index in [0.29, 0.717) is 0 Å². The van der Waals surface area contributed by atoms with Gasteiger partial charge in [0.2, 0.25) is 5.91 Å². The summed E-state index contributed by atoms with van der Waals surface area (Å²) in [6.07, 6.45) is -4.99. The summed E-state index contributed by atoms with van der Waals surface area (Å²) in [4.78, 5) is 35.5. The number of aliphatic carboxylic acids is 1. The van der Waals surface area contributed by atoms with Crippen LogP contribution in [0.1, 0.15) is 23.5 Å². The molecule has 8 nitrogen and oxygen atoms in total. The SMILES string of the molecule is COCC(NC(=O)OCC1c2ccccc2-c2ccccc21)C(=O)NC(CC(=O)O)C(F)F. The molecular weight excluding hydrogens is 438 g/mol. The van der Waals surface area contributed by atoms with Gasteiger partial charge in [0.1, 0.15) is 18.7 Å². The number of hydrogen-bond donors (Lipinski definition) is 3. The van der Waals surface area contributed by atoms with Crippen molar-refractivity contribution in [1.82, 2.24) is 10.6 Å². The molecule has 0 bridgehead atoms. The lowest BCUT2D eigenvalue weighted by atomic mass is 9.98. The number of halogens is 2. The molecule has 0 saturated carbocycles. The maximum Gasteiger partial charge on any atom is 0.407 e. The molecule has 3 N–H and O–H groups in total. The van der Waals surface area contributed by atoms with Gasteiger partial charge in [0.25, 0.3) is 6.43 Å². The summed E-state index contributed by atoms with van der Waals surface area (Å²) in [5.41, 5.74) is 4.11. The van der Waals surface area contributed by atoms with Crippen LogP contribution in [0.5, 0.6) is 0 Å². The second-order valence-corrected chi connectivity index (χ2v) is 7.53. The summed E-state index contributed by atoms with van der Waals surface area (Å²) in [6.45, 7) is -0.321. The zero-order valence-corrected chi connectivity index (χ0v) is 17.8. The highest BCUT2D eigenvalue weighted by Crippen LogP contribution is 2.44. The van der Waals surface area contributed by atoms with E-state index in [-0.39, 0.29) is 19.1 Å². The van der Waals surface area contributed by atoms with Gasteiger partial charge in [0.05, 0.1) is 13.0 Å². The van der Waals surface area contributed by atoms with Crippen LogP contribution < -0.4 is 10.6 Å². The summed E-state index contributed by atoms with van der Waals surface area (Å²) in [5, 5.41) is 13.0. The average molecular weight is 462 g/mol. The number of alkyl halides is 2. The van der Waals surface area contributed by atoms with Crippen molar-refractivity contribution in [3.8, 4) is 11.1 Å². The zero-order valence-electron chi connectivity index (χ0n) is 17.8. The number of benzene rings is 2. The molecule has 2 unspecified atom stereocenters. The molecule has 2 atom stereocenters. The maximum absolute atomic E-state index is 13.0. The maximum atomic E-state index is 13.0. The Morgan fingerprint density at radius 3 is 2.09 bits per heavy atom. The van der Waals surface area contributed by atoms with Gasteiger partial charge in [-0.05, 0) is 22.3 Å². The number of fused-ring (bicyclic) bond motifs is 3. The van der Waals surface area contributed by atoms with Gasteiger partial charge in [-0.3, -0.25) is 9.59 Å². The average Bonchev–Trinajstić information content (AvgIpc) is 3.10. The molecule has 2 amide bonds. The van der Waals surface area contributed by atoms with E-state index in [0.717, 1.165) is 22.3 Å². The Bertz CT molecular complexity index is 970. The van der Waals surface area contributed by atoms with E-state index in [2.05, 4.69) is 5.32 Å². The third-order valence-electron chi connectivity index (χ3n) is 5.31. The number of amides is 2. The molecule has 0 spiro atoms. The number of methoxy groups -OCH3 is 1. The second kappa shape index (κ2) is 10.9. The van der Waals surface area contributed by atoms with Crippen LogP contribution >= 0.6 is 0 Å². The number of carboxylic acids is 1. The highest BCUT2D eigenvalue weighted by Gasteiger charge is 2.31. The van der Waals surface area contributed by atoms with E-state index in [4.69, 9.17) is 14.6 Å². The molecule has 1 aliphatic carbocycles. The molecule has 2 aromatic rings. The van der Waals surface area contributed by atoms with Crippen molar-refractivity contribution in [2.45, 2.75) is 30.8 Å². The fourth-order valence-corrected chi connectivity index (χ4v) is 3.81. The van der Waals surface area contributed by atoms with Crippen LogP contribution in [0, 0.1) is 0 Å². The third-order valence-corrected chi connectivity index (χ3v) is 5.31. The smallest absolute Gasteiger partial charge is 0.407 e. The predicted octanol–water partition coefficient (Wildman–Crippen LogP) is 2.76. The number of alkyl carbamates (subject to hydrolysis) is 1. The largest absolute Gasteiger partial charge is 0.481 e. The van der Waals surface area contributed by atoms with Crippen LogP contribution in [-0.4, -0.2) is 61.9 Å². The quantitative estimate of drug-likeness (QED) is 0.500. The Kier molecular flexibility index (Phi) is 7.94. The van der Waals surface area contributed by atoms with Crippen molar-refractivity contribution in [2.75, 3.05) is 20.3 Å². The molecule has 2 aromatic carbocycles. The molecule has 0 heterocycles. The normalized spacial score (nSPS) is 14.2. The predicted molar refractivity (Wildman–Crippen MR) is 114 cm³/mol. The van der Waals surface area contributed by atoms with Gasteiger partial charge in [-0.15, -0.1) is 0 Å². The molecule has 176 valence electrons. The van der Waals surface area contributed by atoms with Gasteiger partial charge in [0, 0.05) is 13.0 Å². The molecule has 1 aliphatic rings. The molecule has 33 heavy (non-hydrogen) atoms. The third kappa shape index (κ3) is 5.83. The van der Waals surface area contributed by atoms with E-state index in [1.165, 1.54) is 7.11 Å². The molecule has 0 fully saturated rings. The Hall–Kier alpha value is -3.53. The van der Waals surface area contributed by atoms with Gasteiger partial charge in [-0.25, -0.2) is 13.6 Å². The van der Waals surface area contributed by atoms with Crippen molar-refractivity contribution in [1.29, 1.82) is 0 Å². The van der Waals surface area contributed by atoms with Crippen molar-refractivity contribution in [3.63, 3.8) is 0 Å². The number of carboxylic acid groups (broad SMARTS) is 1. The van der Waals surface area contributed by atoms with Gasteiger partial charge >= 0.3 is 12.1 Å². The molecule has 10 heteroatoms. The molecule has 0 aliphatic heterocycles. The minimum Gasteiger partial charge on any atom is -0.481 e. The van der Waals surface area contributed by atoms with Crippen LogP contribution in [0.4, 0.5) is 13.6 Å². The van der Waals surface area contributed by atoms with E-state index in [1.807, 2.05) is 53.8 Å². The van der Waals surface area contributed by atoms with Crippen LogP contribution in [0.15, 0.2) is 48.5 Å². The topological polar surface area (TPSA) is 114 Å².